The molecule has 1 aromatic carbocycles. The Kier molecular flexibility index (Phi) is 4.66. The van der Waals surface area contributed by atoms with Crippen molar-refractivity contribution in [3.63, 3.8) is 0 Å². The number of rotatable bonds is 5. The molecule has 5 unspecified atom stereocenters. The van der Waals surface area contributed by atoms with Gasteiger partial charge in [-0.1, -0.05) is 42.0 Å². The van der Waals surface area contributed by atoms with Crippen LogP contribution in [0, 0.1) is 23.7 Å². The molecule has 0 radical (unpaired) electrons. The lowest BCUT2D eigenvalue weighted by Gasteiger charge is -2.28. The van der Waals surface area contributed by atoms with Gasteiger partial charge in [-0.2, -0.15) is 0 Å². The van der Waals surface area contributed by atoms with Gasteiger partial charge in [0.2, 0.25) is 17.7 Å². The maximum atomic E-state index is 13.3. The largest absolute Gasteiger partial charge is 0.311 e. The number of nitrogens with one attached hydrogen (secondary N) is 1. The highest BCUT2D eigenvalue weighted by molar-refractivity contribution is 6.30. The lowest BCUT2D eigenvalue weighted by atomic mass is 9.85. The van der Waals surface area contributed by atoms with Crippen molar-refractivity contribution in [2.45, 2.75) is 18.9 Å². The van der Waals surface area contributed by atoms with Gasteiger partial charge in [-0.3, -0.25) is 19.3 Å². The number of aromatic nitrogens is 1. The zero-order valence-electron chi connectivity index (χ0n) is 16.1. The number of hydrogen-bond donors (Lipinski definition) is 1. The molecule has 5 atom stereocenters. The summed E-state index contributed by atoms with van der Waals surface area (Å²) in [5, 5.41) is 3.24. The van der Waals surface area contributed by atoms with Gasteiger partial charge < -0.3 is 5.32 Å². The SMILES string of the molecule is O=C(CC(c1cccc(Cl)c1)N1C(=O)C2C3C=CC(C3)C2C1=O)Nc1ccccn1. The molecule has 5 rings (SSSR count). The van der Waals surface area contributed by atoms with E-state index in [4.69, 9.17) is 11.6 Å². The van der Waals surface area contributed by atoms with E-state index in [9.17, 15) is 14.4 Å². The Morgan fingerprint density at radius 1 is 1.10 bits per heavy atom. The summed E-state index contributed by atoms with van der Waals surface area (Å²) in [4.78, 5) is 44.9. The van der Waals surface area contributed by atoms with Crippen LogP contribution in [0.25, 0.3) is 0 Å². The zero-order chi connectivity index (χ0) is 20.8. The van der Waals surface area contributed by atoms with Crippen molar-refractivity contribution in [1.82, 2.24) is 9.88 Å². The van der Waals surface area contributed by atoms with Crippen LogP contribution in [-0.4, -0.2) is 27.6 Å². The summed E-state index contributed by atoms with van der Waals surface area (Å²) in [5.41, 5.74) is 0.667. The Bertz CT molecular complexity index is 1020. The van der Waals surface area contributed by atoms with E-state index in [2.05, 4.69) is 22.5 Å². The number of halogens is 1. The van der Waals surface area contributed by atoms with Crippen LogP contribution in [0.5, 0.6) is 0 Å². The molecule has 30 heavy (non-hydrogen) atoms. The number of likely N-dealkylation sites (tertiary alicyclic amines) is 1. The lowest BCUT2D eigenvalue weighted by Crippen LogP contribution is -2.38. The molecule has 1 N–H and O–H groups in total. The average molecular weight is 422 g/mol. The number of carbonyl (C=O) groups is 3. The number of imide groups is 1. The van der Waals surface area contributed by atoms with Crippen LogP contribution in [-0.2, 0) is 14.4 Å². The summed E-state index contributed by atoms with van der Waals surface area (Å²) in [6.07, 6.45) is 6.51. The normalized spacial score (nSPS) is 27.4. The molecule has 1 aromatic heterocycles. The van der Waals surface area contributed by atoms with Crippen LogP contribution in [0.15, 0.2) is 60.8 Å². The van der Waals surface area contributed by atoms with Crippen LogP contribution in [0.1, 0.15) is 24.4 Å². The molecule has 3 aliphatic rings. The van der Waals surface area contributed by atoms with Crippen molar-refractivity contribution < 1.29 is 14.4 Å². The number of fused-ring (bicyclic) bond motifs is 5. The molecule has 2 fully saturated rings. The van der Waals surface area contributed by atoms with Gasteiger partial charge in [0.15, 0.2) is 0 Å². The highest BCUT2D eigenvalue weighted by atomic mass is 35.5. The number of allylic oxidation sites excluding steroid dienone is 2. The first-order valence-electron chi connectivity index (χ1n) is 10.0. The van der Waals surface area contributed by atoms with E-state index in [-0.39, 0.29) is 47.8 Å². The Hall–Kier alpha value is -2.99. The summed E-state index contributed by atoms with van der Waals surface area (Å²) in [5.74, 6) is -0.661. The fraction of sp³-hybridized carbons (Fsp3) is 0.304. The minimum absolute atomic E-state index is 0.0589. The van der Waals surface area contributed by atoms with E-state index >= 15 is 0 Å². The monoisotopic (exact) mass is 421 g/mol. The standard InChI is InChI=1S/C23H20ClN3O3/c24-16-5-3-4-13(11-16)17(12-19(28)26-18-6-1-2-9-25-18)27-22(29)20-14-7-8-15(10-14)21(20)23(27)30/h1-9,11,14-15,17,20-21H,10,12H2,(H,25,26,28). The van der Waals surface area contributed by atoms with Crippen molar-refractivity contribution in [3.8, 4) is 0 Å². The zero-order valence-corrected chi connectivity index (χ0v) is 16.8. The second-order valence-corrected chi connectivity index (χ2v) is 8.52. The molecule has 2 aliphatic carbocycles. The van der Waals surface area contributed by atoms with Gasteiger partial charge in [-0.15, -0.1) is 0 Å². The quantitative estimate of drug-likeness (QED) is 0.590. The summed E-state index contributed by atoms with van der Waals surface area (Å²) in [7, 11) is 0. The van der Waals surface area contributed by atoms with Gasteiger partial charge in [0.05, 0.1) is 24.3 Å². The van der Waals surface area contributed by atoms with Crippen LogP contribution in [0.2, 0.25) is 5.02 Å². The van der Waals surface area contributed by atoms with Crippen molar-refractivity contribution in [2.75, 3.05) is 5.32 Å². The van der Waals surface area contributed by atoms with Gasteiger partial charge in [-0.05, 0) is 48.1 Å². The Morgan fingerprint density at radius 3 is 2.47 bits per heavy atom. The third-order valence-electron chi connectivity index (χ3n) is 6.36. The van der Waals surface area contributed by atoms with Crippen molar-refractivity contribution in [3.05, 3.63) is 71.4 Å². The minimum Gasteiger partial charge on any atom is -0.311 e. The number of benzene rings is 1. The van der Waals surface area contributed by atoms with E-state index in [0.29, 0.717) is 16.4 Å². The predicted octanol–water partition coefficient (Wildman–Crippen LogP) is 3.61. The number of amides is 3. The number of nitrogens with zero attached hydrogens (tertiary/aromatic N) is 2. The van der Waals surface area contributed by atoms with Gasteiger partial charge in [0.25, 0.3) is 0 Å². The summed E-state index contributed by atoms with van der Waals surface area (Å²) >= 11 is 6.18. The maximum Gasteiger partial charge on any atom is 0.234 e. The summed E-state index contributed by atoms with van der Waals surface area (Å²) in [6.45, 7) is 0. The molecule has 152 valence electrons. The molecule has 1 saturated heterocycles. The van der Waals surface area contributed by atoms with Crippen molar-refractivity contribution in [2.24, 2.45) is 23.7 Å². The smallest absolute Gasteiger partial charge is 0.234 e. The first-order chi connectivity index (χ1) is 14.5. The molecule has 1 saturated carbocycles. The predicted molar refractivity (Wildman–Crippen MR) is 111 cm³/mol. The average Bonchev–Trinajstić information content (AvgIpc) is 3.41. The Morgan fingerprint density at radius 2 is 1.83 bits per heavy atom. The fourth-order valence-electron chi connectivity index (χ4n) is 5.11. The number of pyridine rings is 1. The van der Waals surface area contributed by atoms with Crippen molar-refractivity contribution >= 4 is 35.1 Å². The van der Waals surface area contributed by atoms with E-state index in [1.54, 1.807) is 48.7 Å². The fourth-order valence-corrected chi connectivity index (χ4v) is 5.31. The maximum absolute atomic E-state index is 13.3. The first-order valence-corrected chi connectivity index (χ1v) is 10.4. The molecule has 3 amide bonds. The number of carbonyl (C=O) groups excluding carboxylic acids is 3. The second kappa shape index (κ2) is 7.36. The van der Waals surface area contributed by atoms with Gasteiger partial charge in [-0.25, -0.2) is 4.98 Å². The lowest BCUT2D eigenvalue weighted by molar-refractivity contribution is -0.144. The Balaban J connectivity index is 1.45. The van der Waals surface area contributed by atoms with Gasteiger partial charge in [0, 0.05) is 11.2 Å². The van der Waals surface area contributed by atoms with Gasteiger partial charge >= 0.3 is 0 Å². The number of hydrogen-bond acceptors (Lipinski definition) is 4. The van der Waals surface area contributed by atoms with E-state index < -0.39 is 6.04 Å². The molecule has 6 nitrogen and oxygen atoms in total. The van der Waals surface area contributed by atoms with Crippen LogP contribution < -0.4 is 5.32 Å². The van der Waals surface area contributed by atoms with Crippen LogP contribution in [0.4, 0.5) is 5.82 Å². The molecule has 2 heterocycles. The van der Waals surface area contributed by atoms with E-state index in [1.807, 2.05) is 0 Å². The molecular formula is C23H20ClN3O3. The molecule has 2 bridgehead atoms. The Labute approximate surface area is 178 Å². The van der Waals surface area contributed by atoms with E-state index in [1.165, 1.54) is 4.90 Å². The third-order valence-corrected chi connectivity index (χ3v) is 6.60. The highest BCUT2D eigenvalue weighted by Crippen LogP contribution is 2.54. The molecule has 2 aromatic rings. The van der Waals surface area contributed by atoms with Crippen molar-refractivity contribution in [1.29, 1.82) is 0 Å². The van der Waals surface area contributed by atoms with Gasteiger partial charge in [0.1, 0.15) is 5.82 Å². The van der Waals surface area contributed by atoms with E-state index in [0.717, 1.165) is 6.42 Å². The minimum atomic E-state index is -0.711. The summed E-state index contributed by atoms with van der Waals surface area (Å²) in [6, 6.07) is 11.5. The second-order valence-electron chi connectivity index (χ2n) is 8.08. The third kappa shape index (κ3) is 3.12. The highest BCUT2D eigenvalue weighted by Gasteiger charge is 2.60. The molecule has 1 aliphatic heterocycles. The molecule has 7 heteroatoms. The molecule has 0 spiro atoms. The first kappa shape index (κ1) is 19.0. The topological polar surface area (TPSA) is 79.4 Å². The summed E-state index contributed by atoms with van der Waals surface area (Å²) < 4.78 is 0. The van der Waals surface area contributed by atoms with Crippen LogP contribution in [0.3, 0.4) is 0 Å². The molecular weight excluding hydrogens is 402 g/mol. The number of anilines is 1. The van der Waals surface area contributed by atoms with Crippen LogP contribution >= 0.6 is 11.6 Å².